The van der Waals surface area contributed by atoms with Crippen molar-refractivity contribution in [3.05, 3.63) is 110 Å². The summed E-state index contributed by atoms with van der Waals surface area (Å²) in [5.41, 5.74) is 3.64. The van der Waals surface area contributed by atoms with Gasteiger partial charge in [-0.05, 0) is 29.8 Å². The van der Waals surface area contributed by atoms with Gasteiger partial charge >= 0.3 is 18.1 Å². The number of methoxy groups -OCH3 is 2. The van der Waals surface area contributed by atoms with Crippen LogP contribution in [0.3, 0.4) is 0 Å². The van der Waals surface area contributed by atoms with Crippen LogP contribution in [0.15, 0.2) is 81.7 Å². The molecule has 0 aromatic heterocycles. The average Bonchev–Trinajstić information content (AvgIpc) is 2.98. The van der Waals surface area contributed by atoms with Crippen molar-refractivity contribution in [1.82, 2.24) is 0 Å². The number of allylic oxidation sites excluding steroid dienone is 1. The number of nitrogens with zero attached hydrogens (tertiary/aromatic N) is 2. The van der Waals surface area contributed by atoms with Gasteiger partial charge in [-0.2, -0.15) is 18.4 Å². The smallest absolute Gasteiger partial charge is 0.416 e. The van der Waals surface area contributed by atoms with Crippen LogP contribution in [0.1, 0.15) is 17.0 Å². The number of nitriles is 1. The van der Waals surface area contributed by atoms with E-state index in [0.717, 1.165) is 19.1 Å². The molecule has 0 fully saturated rings. The number of hydrogen-bond donors (Lipinski definition) is 1. The van der Waals surface area contributed by atoms with Crippen LogP contribution in [-0.4, -0.2) is 26.2 Å². The van der Waals surface area contributed by atoms with Crippen LogP contribution in [0.4, 0.5) is 27.6 Å². The number of halogens is 7. The summed E-state index contributed by atoms with van der Waals surface area (Å²) in [5.74, 6) is -9.25. The van der Waals surface area contributed by atoms with E-state index in [0.29, 0.717) is 5.56 Å². The first kappa shape index (κ1) is 32.3. The van der Waals surface area contributed by atoms with Crippen LogP contribution in [0, 0.1) is 23.0 Å². The van der Waals surface area contributed by atoms with E-state index in [1.54, 1.807) is 30.3 Å². The van der Waals surface area contributed by atoms with Crippen molar-refractivity contribution < 1.29 is 45.8 Å². The van der Waals surface area contributed by atoms with E-state index < -0.39 is 69.8 Å². The van der Waals surface area contributed by atoms with E-state index in [2.05, 4.69) is 15.9 Å². The first-order valence-electron chi connectivity index (χ1n) is 12.1. The molecule has 228 valence electrons. The van der Waals surface area contributed by atoms with Gasteiger partial charge in [0.25, 0.3) is 0 Å². The first-order chi connectivity index (χ1) is 20.7. The quantitative estimate of drug-likeness (QED) is 0.215. The van der Waals surface area contributed by atoms with Gasteiger partial charge in [-0.1, -0.05) is 57.9 Å². The molecule has 8 nitrogen and oxygen atoms in total. The van der Waals surface area contributed by atoms with E-state index in [1.165, 1.54) is 12.1 Å². The second kappa shape index (κ2) is 12.6. The number of carbonyl (C=O) groups is 2. The third-order valence-electron chi connectivity index (χ3n) is 6.37. The molecule has 15 heteroatoms. The predicted octanol–water partition coefficient (Wildman–Crippen LogP) is 7.09. The summed E-state index contributed by atoms with van der Waals surface area (Å²) in [5, 5.41) is 9.86. The molecule has 0 amide bonds. The molecule has 1 atom stereocenters. The number of nitrogens with two attached hydrogens (primary N) is 1. The number of esters is 2. The Hall–Kier alpha value is -4.61. The second-order valence-corrected chi connectivity index (χ2v) is 10.3. The summed E-state index contributed by atoms with van der Waals surface area (Å²) in [6, 6.07) is 12.5. The van der Waals surface area contributed by atoms with Gasteiger partial charge in [0.15, 0.2) is 23.1 Å². The Balaban J connectivity index is 2.06. The van der Waals surface area contributed by atoms with Crippen molar-refractivity contribution in [3.8, 4) is 17.6 Å². The van der Waals surface area contributed by atoms with Crippen molar-refractivity contribution in [2.45, 2.75) is 12.1 Å². The zero-order valence-corrected chi connectivity index (χ0v) is 24.8. The summed E-state index contributed by atoms with van der Waals surface area (Å²) < 4.78 is 84.7. The number of rotatable bonds is 6. The fourth-order valence-electron chi connectivity index (χ4n) is 4.50. The summed E-state index contributed by atoms with van der Waals surface area (Å²) in [4.78, 5) is 27.5. The molecule has 2 N–H and O–H groups in total. The van der Waals surface area contributed by atoms with Crippen LogP contribution in [-0.2, 0) is 25.2 Å². The molecular formula is C29H18BrClF5N3O5. The fourth-order valence-corrected chi connectivity index (χ4v) is 5.33. The Morgan fingerprint density at radius 1 is 1.00 bits per heavy atom. The summed E-state index contributed by atoms with van der Waals surface area (Å²) in [6.45, 7) is 0. The molecule has 0 saturated heterocycles. The topological polar surface area (TPSA) is 115 Å². The molecule has 0 radical (unpaired) electrons. The van der Waals surface area contributed by atoms with Crippen molar-refractivity contribution in [1.29, 1.82) is 5.26 Å². The van der Waals surface area contributed by atoms with Gasteiger partial charge in [-0.25, -0.2) is 18.4 Å². The maximum atomic E-state index is 14.9. The van der Waals surface area contributed by atoms with Crippen LogP contribution >= 0.6 is 27.5 Å². The highest BCUT2D eigenvalue weighted by Crippen LogP contribution is 2.49. The largest absolute Gasteiger partial charge is 0.466 e. The Labute approximate surface area is 259 Å². The van der Waals surface area contributed by atoms with E-state index >= 15 is 0 Å². The zero-order valence-electron chi connectivity index (χ0n) is 22.4. The van der Waals surface area contributed by atoms with Crippen molar-refractivity contribution >= 4 is 45.2 Å². The third kappa shape index (κ3) is 5.93. The van der Waals surface area contributed by atoms with E-state index in [9.17, 15) is 36.8 Å². The molecule has 1 unspecified atom stereocenters. The molecular weight excluding hydrogens is 681 g/mol. The molecule has 4 rings (SSSR count). The minimum atomic E-state index is -5.07. The lowest BCUT2D eigenvalue weighted by atomic mass is 9.81. The number of anilines is 1. The highest BCUT2D eigenvalue weighted by atomic mass is 79.9. The lowest BCUT2D eigenvalue weighted by Crippen LogP contribution is -2.41. The lowest BCUT2D eigenvalue weighted by Gasteiger charge is -2.36. The number of hydrogen-bond acceptors (Lipinski definition) is 8. The standard InChI is InChI=1S/C29H18BrClF5N3O5/c1-42-27(40)22-21(13-6-4-3-5-7-13)16(12-37)26(38)39(23(22)28(41)43-2)20-11-15(30)10-17(31)24(20)44-25-18(32)8-14(9-19(25)33)29(34,35)36/h3-11,21H,38H2,1-2H3. The van der Waals surface area contributed by atoms with Gasteiger partial charge in [-0.15, -0.1) is 0 Å². The lowest BCUT2D eigenvalue weighted by molar-refractivity contribution is -0.139. The normalized spacial score (nSPS) is 15.2. The van der Waals surface area contributed by atoms with E-state index in [1.807, 2.05) is 6.07 Å². The Morgan fingerprint density at radius 2 is 1.59 bits per heavy atom. The van der Waals surface area contributed by atoms with Crippen LogP contribution in [0.25, 0.3) is 0 Å². The van der Waals surface area contributed by atoms with Gasteiger partial charge in [0.1, 0.15) is 11.5 Å². The molecule has 0 aliphatic carbocycles. The highest BCUT2D eigenvalue weighted by Gasteiger charge is 2.44. The van der Waals surface area contributed by atoms with E-state index in [-0.39, 0.29) is 32.9 Å². The maximum absolute atomic E-state index is 14.9. The molecule has 1 aliphatic heterocycles. The summed E-state index contributed by atoms with van der Waals surface area (Å²) in [6.07, 6.45) is -5.07. The van der Waals surface area contributed by atoms with Gasteiger partial charge in [0.2, 0.25) is 0 Å². The Morgan fingerprint density at radius 3 is 2.11 bits per heavy atom. The number of alkyl halides is 3. The SMILES string of the molecule is COC(=O)C1=C(C(=O)OC)N(c2cc(Br)cc(Cl)c2Oc2c(F)cc(C(F)(F)F)cc2F)C(N)=C(C#N)C1c1ccccc1. The third-order valence-corrected chi connectivity index (χ3v) is 7.11. The molecule has 3 aromatic carbocycles. The summed E-state index contributed by atoms with van der Waals surface area (Å²) in [7, 11) is 2.03. The van der Waals surface area contributed by atoms with Gasteiger partial charge < -0.3 is 19.9 Å². The van der Waals surface area contributed by atoms with Gasteiger partial charge in [0.05, 0.1) is 53.6 Å². The number of ether oxygens (including phenoxy) is 3. The molecule has 0 bridgehead atoms. The monoisotopic (exact) mass is 697 g/mol. The Bertz CT molecular complexity index is 1750. The second-order valence-electron chi connectivity index (χ2n) is 8.94. The van der Waals surface area contributed by atoms with Crippen molar-refractivity contribution in [2.24, 2.45) is 5.73 Å². The van der Waals surface area contributed by atoms with E-state index in [4.69, 9.17) is 31.5 Å². The minimum Gasteiger partial charge on any atom is -0.466 e. The maximum Gasteiger partial charge on any atom is 0.416 e. The average molecular weight is 699 g/mol. The van der Waals surface area contributed by atoms with Crippen LogP contribution < -0.4 is 15.4 Å². The molecule has 1 aliphatic rings. The first-order valence-corrected chi connectivity index (χ1v) is 13.3. The molecule has 1 heterocycles. The molecule has 3 aromatic rings. The molecule has 0 spiro atoms. The predicted molar refractivity (Wildman–Crippen MR) is 150 cm³/mol. The van der Waals surface area contributed by atoms with Gasteiger partial charge in [-0.3, -0.25) is 4.90 Å². The zero-order chi connectivity index (χ0) is 32.5. The molecule has 44 heavy (non-hydrogen) atoms. The molecule has 0 saturated carbocycles. The van der Waals surface area contributed by atoms with Crippen molar-refractivity contribution in [3.63, 3.8) is 0 Å². The van der Waals surface area contributed by atoms with Gasteiger partial charge in [0, 0.05) is 4.47 Å². The van der Waals surface area contributed by atoms with Crippen LogP contribution in [0.2, 0.25) is 5.02 Å². The van der Waals surface area contributed by atoms with Crippen molar-refractivity contribution in [2.75, 3.05) is 19.1 Å². The summed E-state index contributed by atoms with van der Waals surface area (Å²) >= 11 is 9.60. The Kier molecular flexibility index (Phi) is 9.22. The number of carbonyl (C=O) groups excluding carboxylic acids is 2. The minimum absolute atomic E-state index is 0.0212. The fraction of sp³-hybridized carbons (Fsp3) is 0.138. The van der Waals surface area contributed by atoms with Crippen LogP contribution in [0.5, 0.6) is 11.5 Å². The number of benzene rings is 3. The highest BCUT2D eigenvalue weighted by molar-refractivity contribution is 9.10.